The second-order valence-electron chi connectivity index (χ2n) is 5.24. The van der Waals surface area contributed by atoms with Gasteiger partial charge in [0.1, 0.15) is 0 Å². The molecular formula is C13H28O4. The Morgan fingerprint density at radius 1 is 0.941 bits per heavy atom. The van der Waals surface area contributed by atoms with Crippen LogP contribution in [0.4, 0.5) is 0 Å². The standard InChI is InChI=1S/C13H28O4/c1-13(2,3)12(14)6-5-7-16-10-11-17-9-8-15-4/h12,14H,5-11H2,1-4H3. The molecule has 0 radical (unpaired) electrons. The average molecular weight is 248 g/mol. The highest BCUT2D eigenvalue weighted by Crippen LogP contribution is 2.22. The van der Waals surface area contributed by atoms with Gasteiger partial charge < -0.3 is 19.3 Å². The van der Waals surface area contributed by atoms with E-state index in [1.165, 1.54) is 0 Å². The molecule has 0 rings (SSSR count). The highest BCUT2D eigenvalue weighted by molar-refractivity contribution is 4.72. The van der Waals surface area contributed by atoms with Crippen molar-refractivity contribution in [2.75, 3.05) is 40.1 Å². The zero-order valence-corrected chi connectivity index (χ0v) is 11.7. The summed E-state index contributed by atoms with van der Waals surface area (Å²) in [5.41, 5.74) is -0.0384. The van der Waals surface area contributed by atoms with Gasteiger partial charge in [-0.25, -0.2) is 0 Å². The second kappa shape index (κ2) is 9.83. The summed E-state index contributed by atoms with van der Waals surface area (Å²) in [6, 6.07) is 0. The van der Waals surface area contributed by atoms with Crippen LogP contribution >= 0.6 is 0 Å². The topological polar surface area (TPSA) is 47.9 Å². The molecule has 0 aliphatic carbocycles. The third-order valence-corrected chi connectivity index (χ3v) is 2.57. The smallest absolute Gasteiger partial charge is 0.0701 e. The molecule has 104 valence electrons. The van der Waals surface area contributed by atoms with Gasteiger partial charge in [0.25, 0.3) is 0 Å². The van der Waals surface area contributed by atoms with Gasteiger partial charge in [0.15, 0.2) is 0 Å². The van der Waals surface area contributed by atoms with Gasteiger partial charge in [0.2, 0.25) is 0 Å². The normalized spacial score (nSPS) is 13.9. The van der Waals surface area contributed by atoms with Crippen molar-refractivity contribution in [3.63, 3.8) is 0 Å². The van der Waals surface area contributed by atoms with E-state index in [1.54, 1.807) is 7.11 Å². The van der Waals surface area contributed by atoms with E-state index in [0.717, 1.165) is 12.8 Å². The quantitative estimate of drug-likeness (QED) is 0.599. The monoisotopic (exact) mass is 248 g/mol. The summed E-state index contributed by atoms with van der Waals surface area (Å²) in [7, 11) is 1.65. The van der Waals surface area contributed by atoms with Crippen molar-refractivity contribution in [2.45, 2.75) is 39.7 Å². The molecule has 0 aromatic heterocycles. The van der Waals surface area contributed by atoms with E-state index in [-0.39, 0.29) is 11.5 Å². The van der Waals surface area contributed by atoms with E-state index < -0.39 is 0 Å². The first-order valence-electron chi connectivity index (χ1n) is 6.31. The molecule has 0 bridgehead atoms. The van der Waals surface area contributed by atoms with Gasteiger partial charge in [-0.3, -0.25) is 0 Å². The molecule has 17 heavy (non-hydrogen) atoms. The van der Waals surface area contributed by atoms with Crippen LogP contribution in [0.1, 0.15) is 33.6 Å². The zero-order chi connectivity index (χ0) is 13.1. The summed E-state index contributed by atoms with van der Waals surface area (Å²) in [5.74, 6) is 0. The zero-order valence-electron chi connectivity index (χ0n) is 11.7. The molecule has 0 aromatic rings. The van der Waals surface area contributed by atoms with Gasteiger partial charge in [-0.1, -0.05) is 20.8 Å². The van der Waals surface area contributed by atoms with Crippen LogP contribution in [-0.4, -0.2) is 51.4 Å². The highest BCUT2D eigenvalue weighted by atomic mass is 16.5. The lowest BCUT2D eigenvalue weighted by molar-refractivity contribution is 0.0147. The van der Waals surface area contributed by atoms with Crippen LogP contribution in [0.3, 0.4) is 0 Å². The first-order valence-corrected chi connectivity index (χ1v) is 6.31. The van der Waals surface area contributed by atoms with Crippen LogP contribution in [0.5, 0.6) is 0 Å². The minimum absolute atomic E-state index is 0.0384. The number of hydrogen-bond donors (Lipinski definition) is 1. The Morgan fingerprint density at radius 2 is 1.47 bits per heavy atom. The molecule has 1 N–H and O–H groups in total. The van der Waals surface area contributed by atoms with Gasteiger partial charge >= 0.3 is 0 Å². The maximum atomic E-state index is 9.79. The van der Waals surface area contributed by atoms with Crippen molar-refractivity contribution in [1.82, 2.24) is 0 Å². The van der Waals surface area contributed by atoms with Crippen molar-refractivity contribution >= 4 is 0 Å². The fourth-order valence-electron chi connectivity index (χ4n) is 1.28. The first kappa shape index (κ1) is 16.8. The molecule has 0 aromatic carbocycles. The van der Waals surface area contributed by atoms with E-state index in [1.807, 2.05) is 20.8 Å². The van der Waals surface area contributed by atoms with Gasteiger partial charge in [0, 0.05) is 13.7 Å². The molecule has 1 unspecified atom stereocenters. The molecule has 0 saturated carbocycles. The van der Waals surface area contributed by atoms with Gasteiger partial charge in [-0.15, -0.1) is 0 Å². The molecule has 0 spiro atoms. The number of methoxy groups -OCH3 is 1. The minimum atomic E-state index is -0.260. The Bertz CT molecular complexity index is 165. The summed E-state index contributed by atoms with van der Waals surface area (Å²) in [6.45, 7) is 9.26. The Balaban J connectivity index is 3.19. The molecule has 0 aliphatic rings. The summed E-state index contributed by atoms with van der Waals surface area (Å²) in [5, 5.41) is 9.79. The maximum Gasteiger partial charge on any atom is 0.0701 e. The SMILES string of the molecule is COCCOCCOCCCC(O)C(C)(C)C. The molecule has 0 amide bonds. The molecule has 4 heteroatoms. The summed E-state index contributed by atoms with van der Waals surface area (Å²) in [6.07, 6.45) is 1.41. The average Bonchev–Trinajstić information content (AvgIpc) is 2.25. The predicted octanol–water partition coefficient (Wildman–Crippen LogP) is 1.85. The predicted molar refractivity (Wildman–Crippen MR) is 68.2 cm³/mol. The highest BCUT2D eigenvalue weighted by Gasteiger charge is 2.21. The van der Waals surface area contributed by atoms with E-state index >= 15 is 0 Å². The summed E-state index contributed by atoms with van der Waals surface area (Å²) in [4.78, 5) is 0. The fourth-order valence-corrected chi connectivity index (χ4v) is 1.28. The molecule has 0 saturated heterocycles. The molecule has 1 atom stereocenters. The number of aliphatic hydroxyl groups excluding tert-OH is 1. The Kier molecular flexibility index (Phi) is 9.74. The molecule has 0 aliphatic heterocycles. The summed E-state index contributed by atoms with van der Waals surface area (Å²) >= 11 is 0. The van der Waals surface area contributed by atoms with E-state index in [0.29, 0.717) is 33.0 Å². The van der Waals surface area contributed by atoms with Crippen molar-refractivity contribution in [1.29, 1.82) is 0 Å². The van der Waals surface area contributed by atoms with Crippen molar-refractivity contribution in [3.8, 4) is 0 Å². The van der Waals surface area contributed by atoms with Crippen molar-refractivity contribution < 1.29 is 19.3 Å². The Morgan fingerprint density at radius 3 is 2.00 bits per heavy atom. The maximum absolute atomic E-state index is 9.79. The fraction of sp³-hybridized carbons (Fsp3) is 1.00. The Hall–Kier alpha value is -0.160. The van der Waals surface area contributed by atoms with Crippen LogP contribution in [0, 0.1) is 5.41 Å². The summed E-state index contributed by atoms with van der Waals surface area (Å²) < 4.78 is 15.5. The van der Waals surface area contributed by atoms with Crippen molar-refractivity contribution in [2.24, 2.45) is 5.41 Å². The third kappa shape index (κ3) is 10.7. The van der Waals surface area contributed by atoms with E-state index in [2.05, 4.69) is 0 Å². The molecule has 0 fully saturated rings. The van der Waals surface area contributed by atoms with Crippen LogP contribution in [-0.2, 0) is 14.2 Å². The van der Waals surface area contributed by atoms with Gasteiger partial charge in [0.05, 0.1) is 32.5 Å². The molecule has 4 nitrogen and oxygen atoms in total. The van der Waals surface area contributed by atoms with E-state index in [4.69, 9.17) is 14.2 Å². The minimum Gasteiger partial charge on any atom is -0.393 e. The number of rotatable bonds is 10. The Labute approximate surface area is 105 Å². The van der Waals surface area contributed by atoms with Crippen LogP contribution < -0.4 is 0 Å². The van der Waals surface area contributed by atoms with Crippen LogP contribution in [0.15, 0.2) is 0 Å². The van der Waals surface area contributed by atoms with Gasteiger partial charge in [-0.05, 0) is 18.3 Å². The first-order chi connectivity index (χ1) is 7.98. The van der Waals surface area contributed by atoms with Crippen LogP contribution in [0.25, 0.3) is 0 Å². The lowest BCUT2D eigenvalue weighted by Crippen LogP contribution is -2.26. The largest absolute Gasteiger partial charge is 0.393 e. The number of aliphatic hydroxyl groups is 1. The third-order valence-electron chi connectivity index (χ3n) is 2.57. The van der Waals surface area contributed by atoms with Crippen molar-refractivity contribution in [3.05, 3.63) is 0 Å². The number of hydrogen-bond acceptors (Lipinski definition) is 4. The molecular weight excluding hydrogens is 220 g/mol. The molecule has 0 heterocycles. The second-order valence-corrected chi connectivity index (χ2v) is 5.24. The lowest BCUT2D eigenvalue weighted by atomic mass is 9.87. The van der Waals surface area contributed by atoms with Crippen LogP contribution in [0.2, 0.25) is 0 Å². The lowest BCUT2D eigenvalue weighted by Gasteiger charge is -2.25. The van der Waals surface area contributed by atoms with E-state index in [9.17, 15) is 5.11 Å². The number of ether oxygens (including phenoxy) is 3. The van der Waals surface area contributed by atoms with Gasteiger partial charge in [-0.2, -0.15) is 0 Å².